The summed E-state index contributed by atoms with van der Waals surface area (Å²) < 4.78 is 21.7. The molecule has 5 rings (SSSR count). The van der Waals surface area contributed by atoms with Gasteiger partial charge in [-0.3, -0.25) is 9.59 Å². The second kappa shape index (κ2) is 12.2. The van der Waals surface area contributed by atoms with Gasteiger partial charge in [0, 0.05) is 6.07 Å². The molecule has 0 saturated heterocycles. The number of aromatic carboxylic acids is 1. The van der Waals surface area contributed by atoms with Gasteiger partial charge in [-0.1, -0.05) is 48.5 Å². The molecule has 43 heavy (non-hydrogen) atoms. The number of esters is 2. The highest BCUT2D eigenvalue weighted by Crippen LogP contribution is 2.30. The van der Waals surface area contributed by atoms with Crippen LogP contribution in [0.5, 0.6) is 23.0 Å². The van der Waals surface area contributed by atoms with Gasteiger partial charge in [-0.25, -0.2) is 4.79 Å². The Morgan fingerprint density at radius 1 is 0.535 bits per heavy atom. The first-order valence-corrected chi connectivity index (χ1v) is 13.6. The van der Waals surface area contributed by atoms with Gasteiger partial charge >= 0.3 is 17.9 Å². The standard InChI is InChI=1S/C35H30O8/c1-20(22-5-7-26-15-29(40-3)11-9-24(26)13-22)34(38)42-31-17-28(33(36)37)18-32(19-31)43-35(39)21(2)23-6-8-27-16-30(41-4)12-10-25(27)14-23/h5-21H,1-4H3,(H,36,37)/t20-,21-/m0/s1. The fourth-order valence-electron chi connectivity index (χ4n) is 4.77. The Kier molecular flexibility index (Phi) is 8.29. The fourth-order valence-corrected chi connectivity index (χ4v) is 4.77. The minimum Gasteiger partial charge on any atom is -0.497 e. The first-order chi connectivity index (χ1) is 20.6. The number of rotatable bonds is 9. The van der Waals surface area contributed by atoms with Crippen molar-refractivity contribution in [1.29, 1.82) is 0 Å². The maximum absolute atomic E-state index is 13.1. The molecule has 2 atom stereocenters. The van der Waals surface area contributed by atoms with Crippen LogP contribution in [0.3, 0.4) is 0 Å². The summed E-state index contributed by atoms with van der Waals surface area (Å²) in [6, 6.07) is 26.3. The van der Waals surface area contributed by atoms with Gasteiger partial charge in [0.15, 0.2) is 0 Å². The van der Waals surface area contributed by atoms with Crippen molar-refractivity contribution < 1.29 is 38.4 Å². The van der Waals surface area contributed by atoms with E-state index in [0.29, 0.717) is 0 Å². The number of carbonyl (C=O) groups excluding carboxylic acids is 2. The fraction of sp³-hybridized carbons (Fsp3) is 0.171. The smallest absolute Gasteiger partial charge is 0.335 e. The molecule has 5 aromatic rings. The van der Waals surface area contributed by atoms with Crippen molar-refractivity contribution in [2.45, 2.75) is 25.7 Å². The van der Waals surface area contributed by atoms with E-state index in [4.69, 9.17) is 18.9 Å². The van der Waals surface area contributed by atoms with Gasteiger partial charge in [-0.05, 0) is 82.9 Å². The van der Waals surface area contributed by atoms with Crippen molar-refractivity contribution >= 4 is 39.5 Å². The highest BCUT2D eigenvalue weighted by molar-refractivity contribution is 5.91. The zero-order valence-electron chi connectivity index (χ0n) is 24.1. The molecule has 5 aromatic carbocycles. The summed E-state index contributed by atoms with van der Waals surface area (Å²) in [5, 5.41) is 13.4. The minimum absolute atomic E-state index is 0.0441. The number of carboxylic acid groups (broad SMARTS) is 1. The van der Waals surface area contributed by atoms with Crippen LogP contribution in [0.15, 0.2) is 91.0 Å². The van der Waals surface area contributed by atoms with E-state index >= 15 is 0 Å². The van der Waals surface area contributed by atoms with E-state index < -0.39 is 29.7 Å². The van der Waals surface area contributed by atoms with Gasteiger partial charge in [0.05, 0.1) is 31.6 Å². The molecule has 8 nitrogen and oxygen atoms in total. The Balaban J connectivity index is 1.33. The number of fused-ring (bicyclic) bond motifs is 2. The topological polar surface area (TPSA) is 108 Å². The van der Waals surface area contributed by atoms with E-state index in [1.165, 1.54) is 18.2 Å². The molecule has 1 N–H and O–H groups in total. The SMILES string of the molecule is COc1ccc2cc([C@H](C)C(=O)Oc3cc(OC(=O)[C@@H](C)c4ccc5cc(OC)ccc5c4)cc(C(=O)O)c3)ccc2c1. The molecule has 0 fully saturated rings. The van der Waals surface area contributed by atoms with Crippen LogP contribution in [0.2, 0.25) is 0 Å². The number of methoxy groups -OCH3 is 2. The van der Waals surface area contributed by atoms with Gasteiger partial charge in [0.2, 0.25) is 0 Å². The molecule has 0 amide bonds. The summed E-state index contributed by atoms with van der Waals surface area (Å²) in [4.78, 5) is 38.0. The maximum atomic E-state index is 13.1. The minimum atomic E-state index is -1.26. The molecule has 0 saturated carbocycles. The van der Waals surface area contributed by atoms with Crippen LogP contribution in [0.4, 0.5) is 0 Å². The third-order valence-electron chi connectivity index (χ3n) is 7.41. The van der Waals surface area contributed by atoms with Gasteiger partial charge in [0.1, 0.15) is 23.0 Å². The van der Waals surface area contributed by atoms with E-state index in [-0.39, 0.29) is 17.1 Å². The van der Waals surface area contributed by atoms with Crippen LogP contribution in [0.1, 0.15) is 47.2 Å². The number of ether oxygens (including phenoxy) is 4. The van der Waals surface area contributed by atoms with E-state index in [9.17, 15) is 19.5 Å². The molecule has 0 aliphatic heterocycles. The average Bonchev–Trinajstić information content (AvgIpc) is 3.02. The molecular formula is C35H30O8. The number of benzene rings is 5. The Morgan fingerprint density at radius 3 is 1.33 bits per heavy atom. The van der Waals surface area contributed by atoms with Crippen molar-refractivity contribution in [3.63, 3.8) is 0 Å². The van der Waals surface area contributed by atoms with Gasteiger partial charge < -0.3 is 24.1 Å². The zero-order valence-corrected chi connectivity index (χ0v) is 24.1. The van der Waals surface area contributed by atoms with Gasteiger partial charge in [0.25, 0.3) is 0 Å². The van der Waals surface area contributed by atoms with Crippen molar-refractivity contribution in [2.24, 2.45) is 0 Å². The van der Waals surface area contributed by atoms with Crippen molar-refractivity contribution in [3.05, 3.63) is 108 Å². The maximum Gasteiger partial charge on any atom is 0.335 e. The summed E-state index contributed by atoms with van der Waals surface area (Å²) in [5.41, 5.74) is 1.27. The first kappa shape index (κ1) is 29.1. The predicted octanol–water partition coefficient (Wildman–Crippen LogP) is 7.13. The molecule has 0 aromatic heterocycles. The lowest BCUT2D eigenvalue weighted by molar-refractivity contribution is -0.136. The number of hydrogen-bond donors (Lipinski definition) is 1. The van der Waals surface area contributed by atoms with E-state index in [1.807, 2.05) is 72.8 Å². The molecule has 0 aliphatic carbocycles. The number of hydrogen-bond acceptors (Lipinski definition) is 7. The third kappa shape index (κ3) is 6.43. The Labute approximate surface area is 248 Å². The van der Waals surface area contributed by atoms with Crippen LogP contribution < -0.4 is 18.9 Å². The van der Waals surface area contributed by atoms with E-state index in [2.05, 4.69) is 0 Å². The molecule has 0 spiro atoms. The molecular weight excluding hydrogens is 548 g/mol. The lowest BCUT2D eigenvalue weighted by Crippen LogP contribution is -2.18. The van der Waals surface area contributed by atoms with Crippen molar-refractivity contribution in [2.75, 3.05) is 14.2 Å². The lowest BCUT2D eigenvalue weighted by Gasteiger charge is -2.15. The van der Waals surface area contributed by atoms with E-state index in [0.717, 1.165) is 44.2 Å². The zero-order chi connectivity index (χ0) is 30.7. The van der Waals surface area contributed by atoms with Crippen LogP contribution in [0.25, 0.3) is 21.5 Å². The van der Waals surface area contributed by atoms with Crippen molar-refractivity contribution in [3.8, 4) is 23.0 Å². The molecule has 0 aliphatic rings. The second-order valence-electron chi connectivity index (χ2n) is 10.2. The van der Waals surface area contributed by atoms with Crippen LogP contribution in [-0.4, -0.2) is 37.2 Å². The largest absolute Gasteiger partial charge is 0.497 e. The highest BCUT2D eigenvalue weighted by Gasteiger charge is 2.22. The Bertz CT molecular complexity index is 1730. The summed E-state index contributed by atoms with van der Waals surface area (Å²) in [6.07, 6.45) is 0. The van der Waals surface area contributed by atoms with Crippen molar-refractivity contribution in [1.82, 2.24) is 0 Å². The lowest BCUT2D eigenvalue weighted by atomic mass is 9.97. The number of carbonyl (C=O) groups is 3. The Hall–Kier alpha value is -5.37. The van der Waals surface area contributed by atoms with Gasteiger partial charge in [-0.2, -0.15) is 0 Å². The summed E-state index contributed by atoms with van der Waals surface area (Å²) in [7, 11) is 3.20. The van der Waals surface area contributed by atoms with E-state index in [1.54, 1.807) is 28.1 Å². The summed E-state index contributed by atoms with van der Waals surface area (Å²) in [5.74, 6) is -2.37. The molecule has 218 valence electrons. The molecule has 0 radical (unpaired) electrons. The quantitative estimate of drug-likeness (QED) is 0.145. The van der Waals surface area contributed by atoms with Crippen LogP contribution in [-0.2, 0) is 9.59 Å². The van der Waals surface area contributed by atoms with Crippen LogP contribution >= 0.6 is 0 Å². The summed E-state index contributed by atoms with van der Waals surface area (Å²) >= 11 is 0. The monoisotopic (exact) mass is 578 g/mol. The first-order valence-electron chi connectivity index (χ1n) is 13.6. The highest BCUT2D eigenvalue weighted by atomic mass is 16.5. The molecule has 0 heterocycles. The number of carboxylic acids is 1. The molecule has 0 unspecified atom stereocenters. The third-order valence-corrected chi connectivity index (χ3v) is 7.41. The summed E-state index contributed by atoms with van der Waals surface area (Å²) in [6.45, 7) is 3.41. The predicted molar refractivity (Wildman–Crippen MR) is 163 cm³/mol. The second-order valence-corrected chi connectivity index (χ2v) is 10.2. The normalized spacial score (nSPS) is 12.4. The Morgan fingerprint density at radius 2 is 0.930 bits per heavy atom. The molecule has 0 bridgehead atoms. The van der Waals surface area contributed by atoms with Crippen LogP contribution in [0, 0.1) is 0 Å². The van der Waals surface area contributed by atoms with Gasteiger partial charge in [-0.15, -0.1) is 0 Å². The average molecular weight is 579 g/mol. The molecule has 8 heteroatoms.